The quantitative estimate of drug-likeness (QED) is 0.877. The highest BCUT2D eigenvalue weighted by Crippen LogP contribution is 2.17. The fourth-order valence-electron chi connectivity index (χ4n) is 1.18. The topological polar surface area (TPSA) is 56.7 Å². The molecule has 6 heteroatoms. The van der Waals surface area contributed by atoms with Crippen molar-refractivity contribution >= 4 is 23.2 Å². The van der Waals surface area contributed by atoms with Crippen molar-refractivity contribution in [3.05, 3.63) is 40.3 Å². The van der Waals surface area contributed by atoms with E-state index in [2.05, 4.69) is 10.1 Å². The van der Waals surface area contributed by atoms with Crippen LogP contribution in [0.15, 0.2) is 24.7 Å². The van der Waals surface area contributed by atoms with Crippen LogP contribution in [0.2, 0.25) is 10.0 Å². The molecule has 15 heavy (non-hydrogen) atoms. The minimum absolute atomic E-state index is 0.364. The molecule has 0 unspecified atom stereocenters. The van der Waals surface area contributed by atoms with Crippen molar-refractivity contribution in [2.75, 3.05) is 0 Å². The molecule has 0 radical (unpaired) electrons. The fourth-order valence-corrected chi connectivity index (χ4v) is 1.49. The molecule has 0 saturated heterocycles. The maximum absolute atomic E-state index is 5.89. The second-order valence-corrected chi connectivity index (χ2v) is 3.78. The molecule has 0 aliphatic carbocycles. The van der Waals surface area contributed by atoms with Gasteiger partial charge in [0.25, 0.3) is 0 Å². The van der Waals surface area contributed by atoms with Crippen LogP contribution < -0.4 is 5.73 Å². The van der Waals surface area contributed by atoms with Crippen molar-refractivity contribution in [1.29, 1.82) is 0 Å². The molecule has 0 aliphatic rings. The lowest BCUT2D eigenvalue weighted by Crippen LogP contribution is -2.03. The van der Waals surface area contributed by atoms with E-state index in [1.165, 1.54) is 0 Å². The highest BCUT2D eigenvalue weighted by molar-refractivity contribution is 6.31. The summed E-state index contributed by atoms with van der Waals surface area (Å²) in [6, 6.07) is 1.78. The highest BCUT2D eigenvalue weighted by Gasteiger charge is 2.04. The first-order valence-electron chi connectivity index (χ1n) is 4.25. The first-order valence-corrected chi connectivity index (χ1v) is 5.01. The Morgan fingerprint density at radius 1 is 1.33 bits per heavy atom. The Kier molecular flexibility index (Phi) is 2.90. The van der Waals surface area contributed by atoms with Crippen LogP contribution in [0, 0.1) is 0 Å². The van der Waals surface area contributed by atoms with Crippen LogP contribution in [0.3, 0.4) is 0 Å². The molecule has 0 aromatic carbocycles. The van der Waals surface area contributed by atoms with Gasteiger partial charge in [0.05, 0.1) is 22.4 Å². The highest BCUT2D eigenvalue weighted by atomic mass is 35.5. The zero-order valence-corrected chi connectivity index (χ0v) is 9.20. The zero-order valence-electron chi connectivity index (χ0n) is 7.69. The molecule has 0 fully saturated rings. The van der Waals surface area contributed by atoms with E-state index < -0.39 is 0 Å². The van der Waals surface area contributed by atoms with Crippen molar-refractivity contribution < 1.29 is 0 Å². The molecule has 0 saturated carbocycles. The van der Waals surface area contributed by atoms with E-state index in [0.717, 1.165) is 5.56 Å². The molecule has 2 aromatic heterocycles. The number of hydrogen-bond acceptors (Lipinski definition) is 3. The number of pyridine rings is 1. The number of nitrogens with zero attached hydrogens (tertiary/aromatic N) is 3. The van der Waals surface area contributed by atoms with Gasteiger partial charge in [-0.2, -0.15) is 5.10 Å². The molecule has 0 aliphatic heterocycles. The summed E-state index contributed by atoms with van der Waals surface area (Å²) < 4.78 is 1.57. The number of aromatic nitrogens is 3. The molecular weight excluding hydrogens is 235 g/mol. The van der Waals surface area contributed by atoms with E-state index >= 15 is 0 Å². The summed E-state index contributed by atoms with van der Waals surface area (Å²) in [6.07, 6.45) is 4.76. The summed E-state index contributed by atoms with van der Waals surface area (Å²) in [5.74, 6) is 0.645. The number of halogens is 2. The Hall–Kier alpha value is -1.10. The van der Waals surface area contributed by atoms with Crippen LogP contribution in [0.5, 0.6) is 0 Å². The van der Waals surface area contributed by atoms with Gasteiger partial charge >= 0.3 is 0 Å². The van der Waals surface area contributed by atoms with Crippen molar-refractivity contribution in [3.8, 4) is 5.82 Å². The molecule has 2 heterocycles. The van der Waals surface area contributed by atoms with Gasteiger partial charge < -0.3 is 5.73 Å². The van der Waals surface area contributed by atoms with Gasteiger partial charge in [0.15, 0.2) is 5.82 Å². The summed E-state index contributed by atoms with van der Waals surface area (Å²) in [6.45, 7) is 0.364. The predicted molar refractivity (Wildman–Crippen MR) is 59.3 cm³/mol. The second kappa shape index (κ2) is 4.18. The van der Waals surface area contributed by atoms with Crippen molar-refractivity contribution in [3.63, 3.8) is 0 Å². The van der Waals surface area contributed by atoms with Crippen LogP contribution >= 0.6 is 23.2 Å². The van der Waals surface area contributed by atoms with Crippen LogP contribution in [0.4, 0.5) is 0 Å². The van der Waals surface area contributed by atoms with E-state index in [4.69, 9.17) is 28.9 Å². The molecule has 4 nitrogen and oxygen atoms in total. The third-order valence-electron chi connectivity index (χ3n) is 1.93. The number of hydrogen-bond donors (Lipinski definition) is 1. The Bertz CT molecular complexity index is 481. The van der Waals surface area contributed by atoms with Gasteiger partial charge in [0, 0.05) is 12.7 Å². The molecule has 2 aromatic rings. The molecule has 78 valence electrons. The van der Waals surface area contributed by atoms with Gasteiger partial charge in [-0.25, -0.2) is 9.67 Å². The summed E-state index contributed by atoms with van der Waals surface area (Å²) >= 11 is 11.6. The van der Waals surface area contributed by atoms with Gasteiger partial charge in [0.2, 0.25) is 0 Å². The largest absolute Gasteiger partial charge is 0.326 e. The zero-order chi connectivity index (χ0) is 10.8. The molecule has 0 amide bonds. The normalized spacial score (nSPS) is 10.6. The molecule has 2 rings (SSSR count). The van der Waals surface area contributed by atoms with Gasteiger partial charge in [0.1, 0.15) is 0 Å². The van der Waals surface area contributed by atoms with Gasteiger partial charge in [-0.05, 0) is 11.6 Å². The van der Waals surface area contributed by atoms with E-state index in [1.54, 1.807) is 29.3 Å². The van der Waals surface area contributed by atoms with Gasteiger partial charge in [-0.1, -0.05) is 23.2 Å². The summed E-state index contributed by atoms with van der Waals surface area (Å²) in [5, 5.41) is 5.14. The third-order valence-corrected chi connectivity index (χ3v) is 2.46. The Morgan fingerprint density at radius 3 is 2.73 bits per heavy atom. The standard InChI is InChI=1S/C9H8Cl2N4/c10-7-3-14-15(5-7)9-1-6(2-12)8(11)4-13-9/h1,3-5H,2,12H2. The molecule has 0 bridgehead atoms. The smallest absolute Gasteiger partial charge is 0.153 e. The van der Waals surface area contributed by atoms with Gasteiger partial charge in [-0.3, -0.25) is 0 Å². The Balaban J connectivity index is 2.45. The molecule has 2 N–H and O–H groups in total. The van der Waals surface area contributed by atoms with Gasteiger partial charge in [-0.15, -0.1) is 0 Å². The third kappa shape index (κ3) is 2.12. The predicted octanol–water partition coefficient (Wildman–Crippen LogP) is 2.03. The second-order valence-electron chi connectivity index (χ2n) is 2.94. The van der Waals surface area contributed by atoms with E-state index in [0.29, 0.717) is 22.4 Å². The lowest BCUT2D eigenvalue weighted by atomic mass is 10.2. The Labute approximate surface area is 96.6 Å². The average Bonchev–Trinajstić information content (AvgIpc) is 2.66. The fraction of sp³-hybridized carbons (Fsp3) is 0.111. The van der Waals surface area contributed by atoms with Crippen molar-refractivity contribution in [1.82, 2.24) is 14.8 Å². The lowest BCUT2D eigenvalue weighted by Gasteiger charge is -2.04. The first-order chi connectivity index (χ1) is 7.20. The van der Waals surface area contributed by atoms with E-state index in [9.17, 15) is 0 Å². The maximum Gasteiger partial charge on any atom is 0.153 e. The molecular formula is C9H8Cl2N4. The van der Waals surface area contributed by atoms with Crippen LogP contribution in [0.25, 0.3) is 5.82 Å². The minimum Gasteiger partial charge on any atom is -0.326 e. The van der Waals surface area contributed by atoms with Crippen LogP contribution in [0.1, 0.15) is 5.56 Å². The maximum atomic E-state index is 5.89. The SMILES string of the molecule is NCc1cc(-n2cc(Cl)cn2)ncc1Cl. The first kappa shape index (κ1) is 10.4. The van der Waals surface area contributed by atoms with Crippen LogP contribution in [-0.4, -0.2) is 14.8 Å². The lowest BCUT2D eigenvalue weighted by molar-refractivity contribution is 0.841. The van der Waals surface area contributed by atoms with Crippen LogP contribution in [-0.2, 0) is 6.54 Å². The average molecular weight is 243 g/mol. The number of rotatable bonds is 2. The van der Waals surface area contributed by atoms with Crippen molar-refractivity contribution in [2.45, 2.75) is 6.54 Å². The van der Waals surface area contributed by atoms with E-state index in [-0.39, 0.29) is 0 Å². The van der Waals surface area contributed by atoms with E-state index in [1.807, 2.05) is 0 Å². The van der Waals surface area contributed by atoms with Crippen molar-refractivity contribution in [2.24, 2.45) is 5.73 Å². The molecule has 0 spiro atoms. The molecule has 0 atom stereocenters. The summed E-state index contributed by atoms with van der Waals surface area (Å²) in [7, 11) is 0. The monoisotopic (exact) mass is 242 g/mol. The number of nitrogens with two attached hydrogens (primary N) is 1. The Morgan fingerprint density at radius 2 is 2.13 bits per heavy atom. The summed E-state index contributed by atoms with van der Waals surface area (Å²) in [5.41, 5.74) is 6.36. The minimum atomic E-state index is 0.364. The summed E-state index contributed by atoms with van der Waals surface area (Å²) in [4.78, 5) is 4.12.